The first-order valence-corrected chi connectivity index (χ1v) is 49.6. The summed E-state index contributed by atoms with van der Waals surface area (Å²) in [6.07, 6.45) is 3.81. The predicted octanol–water partition coefficient (Wildman–Crippen LogP) is 11.9. The molecule has 3 aromatic carbocycles. The summed E-state index contributed by atoms with van der Waals surface area (Å²) in [5.74, 6) is 8.27. The topological polar surface area (TPSA) is 22.4 Å². The molecule has 10 heteroatoms. The van der Waals surface area contributed by atoms with Gasteiger partial charge in [-0.3, -0.25) is 0 Å². The maximum atomic E-state index is 6.07. The zero-order valence-corrected chi connectivity index (χ0v) is 42.7. The van der Waals surface area contributed by atoms with E-state index in [4.69, 9.17) is 9.15 Å². The molecule has 0 unspecified atom stereocenters. The van der Waals surface area contributed by atoms with Gasteiger partial charge < -0.3 is 9.15 Å². The molecular formula is C40H64O2Si8. The van der Waals surface area contributed by atoms with Crippen molar-refractivity contribution >= 4 is 91.1 Å². The van der Waals surface area contributed by atoms with E-state index in [-0.39, 0.29) is 0 Å². The van der Waals surface area contributed by atoms with Gasteiger partial charge in [-0.1, -0.05) is 130 Å². The average Bonchev–Trinajstić information content (AvgIpc) is 3.56. The average molecular weight is 802 g/mol. The SMILES string of the molecule is C[Si](C)(C)[Si](C#Cc1c2cc3c(cc2c(C#C[Si]([Si](C)(C)C)([Si](C)(C)C)[Si](C)(C)C)c2cc4cocc4cc12)COC3)([Si](C)(C)C)[Si](C)(C)C. The Morgan fingerprint density at radius 3 is 0.980 bits per heavy atom. The molecule has 1 aliphatic rings. The van der Waals surface area contributed by atoms with Gasteiger partial charge in [0.25, 0.3) is 0 Å². The second-order valence-electron chi connectivity index (χ2n) is 21.3. The van der Waals surface area contributed by atoms with Crippen LogP contribution in [0.15, 0.2) is 41.2 Å². The van der Waals surface area contributed by atoms with Crippen molar-refractivity contribution in [3.05, 3.63) is 59.0 Å². The largest absolute Gasteiger partial charge is 0.471 e. The van der Waals surface area contributed by atoms with Crippen LogP contribution in [0.25, 0.3) is 32.3 Å². The van der Waals surface area contributed by atoms with E-state index in [9.17, 15) is 0 Å². The fraction of sp³-hybridized carbons (Fsp3) is 0.500. The van der Waals surface area contributed by atoms with Crippen LogP contribution in [-0.2, 0) is 18.0 Å². The zero-order chi connectivity index (χ0) is 37.7. The lowest BCUT2D eigenvalue weighted by molar-refractivity contribution is 0.134. The molecule has 2 heterocycles. The molecule has 0 radical (unpaired) electrons. The summed E-state index contributed by atoms with van der Waals surface area (Å²) >= 11 is 0. The van der Waals surface area contributed by atoms with E-state index >= 15 is 0 Å². The summed E-state index contributed by atoms with van der Waals surface area (Å²) in [6, 6.07) is 9.61. The molecule has 0 amide bonds. The van der Waals surface area contributed by atoms with Gasteiger partial charge in [0.1, 0.15) is 13.3 Å². The van der Waals surface area contributed by atoms with Crippen molar-refractivity contribution in [1.82, 2.24) is 0 Å². The highest BCUT2D eigenvalue weighted by Gasteiger charge is 2.62. The van der Waals surface area contributed by atoms with Crippen LogP contribution in [0, 0.1) is 22.9 Å². The van der Waals surface area contributed by atoms with Crippen molar-refractivity contribution in [1.29, 1.82) is 0 Å². The van der Waals surface area contributed by atoms with E-state index in [1.165, 1.54) is 43.8 Å². The number of rotatable bonds is 6. The molecule has 0 atom stereocenters. The third-order valence-electron chi connectivity index (χ3n) is 12.0. The predicted molar refractivity (Wildman–Crippen MR) is 245 cm³/mol. The third-order valence-corrected chi connectivity index (χ3v) is 150. The highest BCUT2D eigenvalue weighted by Crippen LogP contribution is 2.41. The Morgan fingerprint density at radius 2 is 0.700 bits per heavy atom. The van der Waals surface area contributed by atoms with Gasteiger partial charge >= 0.3 is 0 Å². The Kier molecular flexibility index (Phi) is 9.98. The summed E-state index contributed by atoms with van der Waals surface area (Å²) < 4.78 is 11.9. The lowest BCUT2D eigenvalue weighted by Crippen LogP contribution is -2.82. The zero-order valence-electron chi connectivity index (χ0n) is 34.7. The molecule has 0 saturated heterocycles. The molecule has 268 valence electrons. The number of hydrogen-bond donors (Lipinski definition) is 0. The van der Waals surface area contributed by atoms with E-state index in [0.717, 1.165) is 10.8 Å². The van der Waals surface area contributed by atoms with Crippen molar-refractivity contribution in [3.63, 3.8) is 0 Å². The molecule has 2 nitrogen and oxygen atoms in total. The van der Waals surface area contributed by atoms with Crippen LogP contribution < -0.4 is 0 Å². The van der Waals surface area contributed by atoms with E-state index < -0.39 is 58.8 Å². The second kappa shape index (κ2) is 12.6. The molecule has 5 rings (SSSR count). The monoisotopic (exact) mass is 800 g/mol. The molecule has 0 aliphatic carbocycles. The maximum absolute atomic E-state index is 6.07. The van der Waals surface area contributed by atoms with Gasteiger partial charge in [-0.05, 0) is 56.9 Å². The van der Waals surface area contributed by atoms with E-state index in [1.54, 1.807) is 0 Å². The lowest BCUT2D eigenvalue weighted by atomic mass is 9.89. The summed E-state index contributed by atoms with van der Waals surface area (Å²) in [5, 5.41) is 7.31. The van der Waals surface area contributed by atoms with Crippen LogP contribution in [0.2, 0.25) is 118 Å². The summed E-state index contributed by atoms with van der Waals surface area (Å²) in [7, 11) is -9.58. The molecule has 0 bridgehead atoms. The minimum absolute atomic E-state index is 0.673. The van der Waals surface area contributed by atoms with Gasteiger partial charge in [0, 0.05) is 67.4 Å². The van der Waals surface area contributed by atoms with Gasteiger partial charge in [0.05, 0.1) is 25.7 Å². The molecule has 1 aliphatic heterocycles. The van der Waals surface area contributed by atoms with Crippen molar-refractivity contribution in [3.8, 4) is 22.9 Å². The van der Waals surface area contributed by atoms with Crippen LogP contribution in [-0.4, -0.2) is 58.8 Å². The van der Waals surface area contributed by atoms with Crippen molar-refractivity contribution in [2.24, 2.45) is 0 Å². The molecule has 0 N–H and O–H groups in total. The number of benzene rings is 3. The highest BCUT2D eigenvalue weighted by atomic mass is 29.9. The first-order chi connectivity index (χ1) is 22.6. The van der Waals surface area contributed by atoms with Gasteiger partial charge in [-0.15, -0.1) is 11.1 Å². The Labute approximate surface area is 311 Å². The Bertz CT molecular complexity index is 1890. The molecule has 0 saturated carbocycles. The number of hydrogen-bond acceptors (Lipinski definition) is 2. The standard InChI is InChI=1S/C40H64O2Si8/c1-43(2,3)49(44(4,5)6,45(7,8)9)21-19-35-37-23-31-27-41-29-33(31)25-39(37)36(40-26-34-30-42-28-32(34)24-38(35)40)20-22-50(46(10,11)12,47(13,14)15)48(16,17)18/h23-27,29H,28,30H2,1-18H3. The molecule has 1 aromatic heterocycles. The minimum atomic E-state index is -1.93. The fourth-order valence-electron chi connectivity index (χ4n) is 11.8. The Morgan fingerprint density at radius 1 is 0.420 bits per heavy atom. The second-order valence-corrected chi connectivity index (χ2v) is 101. The van der Waals surface area contributed by atoms with Crippen molar-refractivity contribution < 1.29 is 9.15 Å². The lowest BCUT2D eigenvalue weighted by Gasteiger charge is -2.53. The van der Waals surface area contributed by atoms with E-state index in [0.29, 0.717) is 13.2 Å². The fourth-order valence-corrected chi connectivity index (χ4v) is 198. The maximum Gasteiger partial charge on any atom is 0.115 e. The molecular weight excluding hydrogens is 737 g/mol. The first-order valence-electron chi connectivity index (χ1n) is 18.6. The van der Waals surface area contributed by atoms with Crippen LogP contribution in [0.4, 0.5) is 0 Å². The van der Waals surface area contributed by atoms with Gasteiger partial charge in [-0.2, -0.15) is 0 Å². The number of furan rings is 1. The first kappa shape index (κ1) is 39.7. The van der Waals surface area contributed by atoms with Gasteiger partial charge in [0.2, 0.25) is 0 Å². The quantitative estimate of drug-likeness (QED) is 0.110. The summed E-state index contributed by atoms with van der Waals surface area (Å²) in [5.41, 5.74) is 13.8. The van der Waals surface area contributed by atoms with Crippen LogP contribution in [0.3, 0.4) is 0 Å². The van der Waals surface area contributed by atoms with E-state index in [2.05, 4.69) is 165 Å². The Balaban J connectivity index is 2.04. The normalized spacial score (nSPS) is 15.2. The van der Waals surface area contributed by atoms with Crippen molar-refractivity contribution in [2.45, 2.75) is 131 Å². The van der Waals surface area contributed by atoms with Crippen LogP contribution in [0.1, 0.15) is 22.3 Å². The van der Waals surface area contributed by atoms with Crippen LogP contribution >= 0.6 is 0 Å². The van der Waals surface area contributed by atoms with Gasteiger partial charge in [-0.25, -0.2) is 0 Å². The van der Waals surface area contributed by atoms with Crippen molar-refractivity contribution in [2.75, 3.05) is 0 Å². The molecule has 0 spiro atoms. The van der Waals surface area contributed by atoms with E-state index in [1.807, 2.05) is 12.5 Å². The number of ether oxygens (including phenoxy) is 1. The Hall–Kier alpha value is -1.46. The van der Waals surface area contributed by atoms with Crippen LogP contribution in [0.5, 0.6) is 0 Å². The minimum Gasteiger partial charge on any atom is -0.471 e. The molecule has 0 fully saturated rings. The third kappa shape index (κ3) is 6.22. The number of fused-ring (bicyclic) bond motifs is 4. The smallest absolute Gasteiger partial charge is 0.115 e. The highest BCUT2D eigenvalue weighted by molar-refractivity contribution is 7.92. The molecule has 4 aromatic rings. The summed E-state index contributed by atoms with van der Waals surface area (Å²) in [6.45, 7) is 45.1. The van der Waals surface area contributed by atoms with Gasteiger partial charge in [0.15, 0.2) is 0 Å². The molecule has 50 heavy (non-hydrogen) atoms. The summed E-state index contributed by atoms with van der Waals surface area (Å²) in [4.78, 5) is 0.